The van der Waals surface area contributed by atoms with Crippen LogP contribution in [0.1, 0.15) is 71.1 Å². The standard InChI is InChI=1S/C33H35FN2O4/c34-28-19-30(26(23-13-14-23)18-27(28)32(37)36-16-7-12-29(36)33(38)39)40-21-22-15-17-35(20-22)31(24-8-3-1-4-9-24)25-10-5-2-6-11-25/h1-6,8-11,18-19,22-23,29,31H,7,12-17,20-21H2,(H,38,39)/t22-,29?/m0/s1. The SMILES string of the molecule is O=C(O)C1CCCN1C(=O)c1cc(C2CC2)c(OC[C@H]2CCN(C(c3ccccc3)c3ccccc3)C2)cc1F. The second-order valence-corrected chi connectivity index (χ2v) is 11.3. The molecule has 6 nitrogen and oxygen atoms in total. The maximum atomic E-state index is 15.3. The van der Waals surface area contributed by atoms with Crippen molar-refractivity contribution in [2.45, 2.75) is 50.1 Å². The van der Waals surface area contributed by atoms with Gasteiger partial charge in [-0.2, -0.15) is 0 Å². The summed E-state index contributed by atoms with van der Waals surface area (Å²) in [6, 6.07) is 23.3. The van der Waals surface area contributed by atoms with E-state index in [1.165, 1.54) is 22.1 Å². The first-order valence-electron chi connectivity index (χ1n) is 14.3. The van der Waals surface area contributed by atoms with E-state index in [9.17, 15) is 14.7 Å². The van der Waals surface area contributed by atoms with Crippen molar-refractivity contribution in [2.24, 2.45) is 5.92 Å². The quantitative estimate of drug-likeness (QED) is 0.366. The molecule has 6 rings (SSSR count). The molecular formula is C33H35FN2O4. The topological polar surface area (TPSA) is 70.1 Å². The normalized spacial score (nSPS) is 21.2. The Kier molecular flexibility index (Phi) is 7.57. The van der Waals surface area contributed by atoms with E-state index in [0.717, 1.165) is 37.9 Å². The van der Waals surface area contributed by atoms with Gasteiger partial charge in [-0.1, -0.05) is 60.7 Å². The number of hydrogen-bond acceptors (Lipinski definition) is 4. The number of rotatable bonds is 9. The lowest BCUT2D eigenvalue weighted by Gasteiger charge is -2.29. The molecule has 3 aromatic carbocycles. The van der Waals surface area contributed by atoms with Crippen molar-refractivity contribution < 1.29 is 23.8 Å². The minimum Gasteiger partial charge on any atom is -0.493 e. The Balaban J connectivity index is 1.17. The summed E-state index contributed by atoms with van der Waals surface area (Å²) < 4.78 is 21.6. The van der Waals surface area contributed by atoms with Crippen molar-refractivity contribution in [1.82, 2.24) is 9.80 Å². The summed E-state index contributed by atoms with van der Waals surface area (Å²) in [5.41, 5.74) is 3.33. The summed E-state index contributed by atoms with van der Waals surface area (Å²) >= 11 is 0. The number of likely N-dealkylation sites (tertiary alicyclic amines) is 2. The van der Waals surface area contributed by atoms with Crippen LogP contribution in [-0.2, 0) is 4.79 Å². The fraction of sp³-hybridized carbons (Fsp3) is 0.394. The molecule has 0 aromatic heterocycles. The molecule has 40 heavy (non-hydrogen) atoms. The Labute approximate surface area is 234 Å². The van der Waals surface area contributed by atoms with Gasteiger partial charge in [-0.05, 0) is 67.3 Å². The molecule has 1 aliphatic carbocycles. The largest absolute Gasteiger partial charge is 0.493 e. The molecule has 1 N–H and O–H groups in total. The first-order chi connectivity index (χ1) is 19.5. The lowest BCUT2D eigenvalue weighted by atomic mass is 9.97. The van der Waals surface area contributed by atoms with Crippen LogP contribution in [0.2, 0.25) is 0 Å². The molecule has 3 aromatic rings. The van der Waals surface area contributed by atoms with Crippen LogP contribution in [0, 0.1) is 11.7 Å². The van der Waals surface area contributed by atoms with Crippen LogP contribution in [0.15, 0.2) is 72.8 Å². The van der Waals surface area contributed by atoms with Gasteiger partial charge in [0.2, 0.25) is 0 Å². The Morgan fingerprint density at radius 1 is 0.925 bits per heavy atom. The predicted octanol–water partition coefficient (Wildman–Crippen LogP) is 5.88. The third-order valence-electron chi connectivity index (χ3n) is 8.53. The number of carboxylic acid groups (broad SMARTS) is 1. The number of nitrogens with zero attached hydrogens (tertiary/aromatic N) is 2. The average Bonchev–Trinajstić information content (AvgIpc) is 3.49. The van der Waals surface area contributed by atoms with Crippen molar-refractivity contribution in [2.75, 3.05) is 26.2 Å². The van der Waals surface area contributed by atoms with E-state index >= 15 is 4.39 Å². The lowest BCUT2D eigenvalue weighted by Crippen LogP contribution is -2.40. The molecule has 0 bridgehead atoms. The fourth-order valence-electron chi connectivity index (χ4n) is 6.32. The van der Waals surface area contributed by atoms with Crippen LogP contribution in [-0.4, -0.2) is 59.1 Å². The van der Waals surface area contributed by atoms with E-state index in [1.807, 2.05) is 12.1 Å². The van der Waals surface area contributed by atoms with Crippen molar-refractivity contribution in [1.29, 1.82) is 0 Å². The summed E-state index contributed by atoms with van der Waals surface area (Å²) in [7, 11) is 0. The molecule has 2 saturated heterocycles. The van der Waals surface area contributed by atoms with Crippen LogP contribution in [0.5, 0.6) is 5.75 Å². The lowest BCUT2D eigenvalue weighted by molar-refractivity contribution is -0.141. The van der Waals surface area contributed by atoms with E-state index in [2.05, 4.69) is 53.4 Å². The van der Waals surface area contributed by atoms with Crippen LogP contribution >= 0.6 is 0 Å². The molecular weight excluding hydrogens is 507 g/mol. The minimum absolute atomic E-state index is 0.0528. The van der Waals surface area contributed by atoms with Gasteiger partial charge in [0.15, 0.2) is 0 Å². The van der Waals surface area contributed by atoms with Crippen LogP contribution < -0.4 is 4.74 Å². The van der Waals surface area contributed by atoms with Crippen molar-refractivity contribution in [3.05, 3.63) is 101 Å². The van der Waals surface area contributed by atoms with Crippen LogP contribution in [0.4, 0.5) is 4.39 Å². The predicted molar refractivity (Wildman–Crippen MR) is 150 cm³/mol. The molecule has 3 fully saturated rings. The minimum atomic E-state index is -1.04. The van der Waals surface area contributed by atoms with Crippen LogP contribution in [0.25, 0.3) is 0 Å². The number of hydrogen-bond donors (Lipinski definition) is 1. The van der Waals surface area contributed by atoms with Gasteiger partial charge in [0.05, 0.1) is 18.2 Å². The highest BCUT2D eigenvalue weighted by Crippen LogP contribution is 2.45. The van der Waals surface area contributed by atoms with Gasteiger partial charge in [0.25, 0.3) is 5.91 Å². The molecule has 208 valence electrons. The van der Waals surface area contributed by atoms with E-state index in [1.54, 1.807) is 6.07 Å². The Morgan fingerprint density at radius 3 is 2.23 bits per heavy atom. The number of benzene rings is 3. The van der Waals surface area contributed by atoms with E-state index in [4.69, 9.17) is 4.74 Å². The highest BCUT2D eigenvalue weighted by atomic mass is 19.1. The summed E-state index contributed by atoms with van der Waals surface area (Å²) in [4.78, 5) is 28.6. The van der Waals surface area contributed by atoms with Gasteiger partial charge >= 0.3 is 5.97 Å². The first kappa shape index (κ1) is 26.5. The zero-order valence-corrected chi connectivity index (χ0v) is 22.5. The average molecular weight is 543 g/mol. The second-order valence-electron chi connectivity index (χ2n) is 11.3. The number of amides is 1. The van der Waals surface area contributed by atoms with Crippen molar-refractivity contribution in [3.63, 3.8) is 0 Å². The van der Waals surface area contributed by atoms with Crippen LogP contribution in [0.3, 0.4) is 0 Å². The molecule has 7 heteroatoms. The molecule has 0 spiro atoms. The summed E-state index contributed by atoms with van der Waals surface area (Å²) in [6.45, 7) is 2.63. The smallest absolute Gasteiger partial charge is 0.326 e. The van der Waals surface area contributed by atoms with Gasteiger partial charge in [-0.15, -0.1) is 0 Å². The maximum Gasteiger partial charge on any atom is 0.326 e. The fourth-order valence-corrected chi connectivity index (χ4v) is 6.32. The Bertz CT molecular complexity index is 1320. The molecule has 2 heterocycles. The number of halogens is 1. The summed E-state index contributed by atoms with van der Waals surface area (Å²) in [5, 5.41) is 9.49. The number of carbonyl (C=O) groups is 2. The number of carboxylic acids is 1. The number of carbonyl (C=O) groups excluding carboxylic acids is 1. The molecule has 2 aliphatic heterocycles. The van der Waals surface area contributed by atoms with Gasteiger partial charge in [-0.3, -0.25) is 9.69 Å². The summed E-state index contributed by atoms with van der Waals surface area (Å²) in [6.07, 6.45) is 3.94. The van der Waals surface area contributed by atoms with E-state index in [0.29, 0.717) is 37.7 Å². The van der Waals surface area contributed by atoms with Gasteiger partial charge < -0.3 is 14.7 Å². The van der Waals surface area contributed by atoms with E-state index < -0.39 is 23.7 Å². The van der Waals surface area contributed by atoms with Gasteiger partial charge in [0.1, 0.15) is 17.6 Å². The third kappa shape index (κ3) is 5.48. The van der Waals surface area contributed by atoms with Gasteiger partial charge in [-0.25, -0.2) is 9.18 Å². The molecule has 1 saturated carbocycles. The number of ether oxygens (including phenoxy) is 1. The van der Waals surface area contributed by atoms with Crippen molar-refractivity contribution in [3.8, 4) is 5.75 Å². The Morgan fingerprint density at radius 2 is 1.60 bits per heavy atom. The molecule has 0 radical (unpaired) electrons. The highest BCUT2D eigenvalue weighted by molar-refractivity contribution is 5.97. The zero-order valence-electron chi connectivity index (χ0n) is 22.5. The second kappa shape index (κ2) is 11.4. The first-order valence-corrected chi connectivity index (χ1v) is 14.3. The number of aliphatic carboxylic acids is 1. The van der Waals surface area contributed by atoms with E-state index in [-0.39, 0.29) is 17.5 Å². The molecule has 2 atom stereocenters. The monoisotopic (exact) mass is 542 g/mol. The molecule has 3 aliphatic rings. The maximum absolute atomic E-state index is 15.3. The third-order valence-corrected chi connectivity index (χ3v) is 8.53. The summed E-state index contributed by atoms with van der Waals surface area (Å²) in [5.74, 6) is -1.18. The molecule has 1 unspecified atom stereocenters. The van der Waals surface area contributed by atoms with Crippen molar-refractivity contribution >= 4 is 11.9 Å². The zero-order chi connectivity index (χ0) is 27.6. The Hall–Kier alpha value is -3.71. The van der Waals surface area contributed by atoms with Gasteiger partial charge in [0, 0.05) is 25.1 Å². The molecule has 1 amide bonds. The highest BCUT2D eigenvalue weighted by Gasteiger charge is 2.37.